The summed E-state index contributed by atoms with van der Waals surface area (Å²) in [6.45, 7) is 0. The van der Waals surface area contributed by atoms with Crippen molar-refractivity contribution < 1.29 is 13.2 Å². The molecule has 2 aromatic carbocycles. The van der Waals surface area contributed by atoms with E-state index in [9.17, 15) is 18.0 Å². The predicted molar refractivity (Wildman–Crippen MR) is 81.9 cm³/mol. The Morgan fingerprint density at radius 2 is 1.83 bits per heavy atom. The van der Waals surface area contributed by atoms with E-state index in [1.807, 2.05) is 0 Å². The Kier molecular flexibility index (Phi) is 3.85. The number of alkyl halides is 4. The first kappa shape index (κ1) is 15.6. The molecule has 0 fully saturated rings. The minimum atomic E-state index is -4.46. The summed E-state index contributed by atoms with van der Waals surface area (Å²) < 4.78 is 40.3. The second-order valence-corrected chi connectivity index (χ2v) is 5.13. The van der Waals surface area contributed by atoms with Gasteiger partial charge in [-0.3, -0.25) is 9.36 Å². The smallest absolute Gasteiger partial charge is 0.297 e. The van der Waals surface area contributed by atoms with Crippen LogP contribution in [0, 0.1) is 0 Å². The first-order chi connectivity index (χ1) is 10.9. The van der Waals surface area contributed by atoms with Gasteiger partial charge in [-0.05, 0) is 30.3 Å². The van der Waals surface area contributed by atoms with E-state index in [0.29, 0.717) is 10.9 Å². The summed E-state index contributed by atoms with van der Waals surface area (Å²) in [7, 11) is 0. The highest BCUT2D eigenvalue weighted by Gasteiger charge is 2.30. The molecule has 3 rings (SSSR count). The monoisotopic (exact) mass is 338 g/mol. The second kappa shape index (κ2) is 5.70. The number of hydrogen-bond donors (Lipinski definition) is 0. The molecule has 1 aromatic heterocycles. The van der Waals surface area contributed by atoms with E-state index in [0.717, 1.165) is 12.1 Å². The van der Waals surface area contributed by atoms with Crippen molar-refractivity contribution in [1.82, 2.24) is 9.55 Å². The van der Waals surface area contributed by atoms with E-state index in [-0.39, 0.29) is 17.4 Å². The van der Waals surface area contributed by atoms with Gasteiger partial charge in [0.2, 0.25) is 0 Å². The van der Waals surface area contributed by atoms with Gasteiger partial charge < -0.3 is 0 Å². The summed E-state index contributed by atoms with van der Waals surface area (Å²) in [5, 5.41) is 0.318. The topological polar surface area (TPSA) is 34.9 Å². The molecule has 0 radical (unpaired) electrons. The van der Waals surface area contributed by atoms with Gasteiger partial charge in [-0.1, -0.05) is 18.2 Å². The Morgan fingerprint density at radius 1 is 1.09 bits per heavy atom. The van der Waals surface area contributed by atoms with Crippen LogP contribution in [-0.4, -0.2) is 9.55 Å². The van der Waals surface area contributed by atoms with E-state index in [1.54, 1.807) is 24.3 Å². The normalized spacial score (nSPS) is 11.8. The van der Waals surface area contributed by atoms with Crippen molar-refractivity contribution in [3.63, 3.8) is 0 Å². The molecule has 1 heterocycles. The van der Waals surface area contributed by atoms with Gasteiger partial charge in [0.1, 0.15) is 5.82 Å². The van der Waals surface area contributed by atoms with Crippen molar-refractivity contribution in [2.45, 2.75) is 12.1 Å². The minimum Gasteiger partial charge on any atom is -0.297 e. The Labute approximate surface area is 134 Å². The van der Waals surface area contributed by atoms with E-state index in [2.05, 4.69) is 4.98 Å². The molecule has 0 spiro atoms. The van der Waals surface area contributed by atoms with Crippen LogP contribution in [0.3, 0.4) is 0 Å². The van der Waals surface area contributed by atoms with Gasteiger partial charge in [0.15, 0.2) is 0 Å². The zero-order chi connectivity index (χ0) is 16.6. The van der Waals surface area contributed by atoms with E-state index < -0.39 is 17.3 Å². The molecular weight excluding hydrogens is 329 g/mol. The van der Waals surface area contributed by atoms with Crippen molar-refractivity contribution in [3.05, 3.63) is 70.3 Å². The lowest BCUT2D eigenvalue weighted by Gasteiger charge is -2.16. The second-order valence-electron chi connectivity index (χ2n) is 4.87. The fourth-order valence-corrected chi connectivity index (χ4v) is 2.59. The lowest BCUT2D eigenvalue weighted by Crippen LogP contribution is -2.17. The van der Waals surface area contributed by atoms with Gasteiger partial charge in [0, 0.05) is 5.69 Å². The van der Waals surface area contributed by atoms with Crippen LogP contribution in [0.5, 0.6) is 0 Å². The fraction of sp³-hybridized carbons (Fsp3) is 0.125. The molecule has 118 valence electrons. The summed E-state index contributed by atoms with van der Waals surface area (Å²) in [6, 6.07) is 11.4. The molecule has 23 heavy (non-hydrogen) atoms. The molecule has 0 unspecified atom stereocenters. The van der Waals surface area contributed by atoms with Gasteiger partial charge in [-0.25, -0.2) is 0 Å². The number of nitrogens with zero attached hydrogens (tertiary/aromatic N) is 2. The molecule has 0 amide bonds. The van der Waals surface area contributed by atoms with Crippen LogP contribution < -0.4 is 5.56 Å². The highest BCUT2D eigenvalue weighted by molar-refractivity contribution is 6.16. The number of para-hydroxylation sites is 1. The molecule has 0 aliphatic heterocycles. The molecule has 7 heteroatoms. The predicted octanol–water partition coefficient (Wildman–Crippen LogP) is 4.14. The lowest BCUT2D eigenvalue weighted by atomic mass is 10.1. The van der Waals surface area contributed by atoms with Crippen LogP contribution in [0.4, 0.5) is 13.2 Å². The molecule has 0 N–H and O–H groups in total. The van der Waals surface area contributed by atoms with Gasteiger partial charge in [-0.2, -0.15) is 18.2 Å². The number of fused-ring (bicyclic) bond motifs is 1. The molecule has 0 aliphatic rings. The van der Waals surface area contributed by atoms with Crippen LogP contribution in [-0.2, 0) is 12.1 Å². The van der Waals surface area contributed by atoms with Crippen molar-refractivity contribution in [3.8, 4) is 5.69 Å². The molecule has 0 atom stereocenters. The third kappa shape index (κ3) is 2.82. The summed E-state index contributed by atoms with van der Waals surface area (Å²) >= 11 is 5.84. The van der Waals surface area contributed by atoms with Crippen LogP contribution in [0.25, 0.3) is 16.6 Å². The van der Waals surface area contributed by atoms with Crippen molar-refractivity contribution in [2.24, 2.45) is 0 Å². The molecule has 3 aromatic rings. The summed E-state index contributed by atoms with van der Waals surface area (Å²) in [5.41, 5.74) is -0.528. The molecule has 3 nitrogen and oxygen atoms in total. The zero-order valence-electron chi connectivity index (χ0n) is 11.6. The van der Waals surface area contributed by atoms with Gasteiger partial charge in [-0.15, -0.1) is 11.6 Å². The average molecular weight is 339 g/mol. The Balaban J connectivity index is 2.36. The lowest BCUT2D eigenvalue weighted by molar-refractivity contribution is -0.137. The third-order valence-electron chi connectivity index (χ3n) is 3.42. The third-order valence-corrected chi connectivity index (χ3v) is 3.65. The number of rotatable bonds is 2. The summed E-state index contributed by atoms with van der Waals surface area (Å²) in [6.07, 6.45) is -4.46. The Hall–Kier alpha value is -2.34. The number of hydrogen-bond acceptors (Lipinski definition) is 2. The minimum absolute atomic E-state index is 0.101. The first-order valence-corrected chi connectivity index (χ1v) is 7.19. The van der Waals surface area contributed by atoms with Crippen molar-refractivity contribution in [1.29, 1.82) is 0 Å². The van der Waals surface area contributed by atoms with Crippen LogP contribution in [0.1, 0.15) is 11.4 Å². The Morgan fingerprint density at radius 3 is 2.52 bits per heavy atom. The van der Waals surface area contributed by atoms with E-state index in [4.69, 9.17) is 11.6 Å². The fourth-order valence-electron chi connectivity index (χ4n) is 2.42. The van der Waals surface area contributed by atoms with E-state index >= 15 is 0 Å². The van der Waals surface area contributed by atoms with Gasteiger partial charge in [0.25, 0.3) is 5.56 Å². The number of benzene rings is 2. The maximum Gasteiger partial charge on any atom is 0.416 e. The van der Waals surface area contributed by atoms with Gasteiger partial charge >= 0.3 is 6.18 Å². The summed E-state index contributed by atoms with van der Waals surface area (Å²) in [4.78, 5) is 15.9. The van der Waals surface area contributed by atoms with Crippen molar-refractivity contribution >= 4 is 22.5 Å². The Bertz CT molecular complexity index is 934. The largest absolute Gasteiger partial charge is 0.416 e. The molecular formula is C16H10ClF3N2O. The van der Waals surface area contributed by atoms with Crippen LogP contribution in [0.15, 0.2) is 53.3 Å². The number of halogens is 4. The van der Waals surface area contributed by atoms with Crippen LogP contribution in [0.2, 0.25) is 0 Å². The van der Waals surface area contributed by atoms with Gasteiger partial charge in [0.05, 0.1) is 22.3 Å². The molecule has 0 saturated carbocycles. The van der Waals surface area contributed by atoms with E-state index in [1.165, 1.54) is 16.7 Å². The average Bonchev–Trinajstić information content (AvgIpc) is 2.54. The van der Waals surface area contributed by atoms with Crippen molar-refractivity contribution in [2.75, 3.05) is 0 Å². The quantitative estimate of drug-likeness (QED) is 0.658. The highest BCUT2D eigenvalue weighted by atomic mass is 35.5. The molecule has 0 aliphatic carbocycles. The molecule has 0 saturated heterocycles. The first-order valence-electron chi connectivity index (χ1n) is 6.66. The number of aromatic nitrogens is 2. The molecule has 0 bridgehead atoms. The maximum atomic E-state index is 12.9. The standard InChI is InChI=1S/C16H10ClF3N2O/c17-9-14-21-15(23)12-6-1-2-7-13(12)22(14)11-5-3-4-10(8-11)16(18,19)20/h1-8H,9H2. The SMILES string of the molecule is O=c1nc(CCl)n(-c2cccc(C(F)(F)F)c2)c2ccccc12. The maximum absolute atomic E-state index is 12.9. The zero-order valence-corrected chi connectivity index (χ0v) is 12.4. The highest BCUT2D eigenvalue weighted by Crippen LogP contribution is 2.31. The van der Waals surface area contributed by atoms with Crippen LogP contribution >= 0.6 is 11.6 Å². The summed E-state index contributed by atoms with van der Waals surface area (Å²) in [5.74, 6) is 0.0887.